The molecule has 0 bridgehead atoms. The molecular weight excluding hydrogens is 293 g/mol. The Hall–Kier alpha value is -0.690. The van der Waals surface area contributed by atoms with Crippen LogP contribution in [-0.4, -0.2) is 38.0 Å². The largest absolute Gasteiger partial charge is 0.373 e. The summed E-state index contributed by atoms with van der Waals surface area (Å²) in [6.07, 6.45) is 0. The molecule has 1 aromatic carbocycles. The zero-order valence-corrected chi connectivity index (χ0v) is 12.3. The first-order valence-electron chi connectivity index (χ1n) is 5.82. The lowest BCUT2D eigenvalue weighted by atomic mass is 10.1. The first kappa shape index (κ1) is 14.7. The molecule has 4 nitrogen and oxygen atoms in total. The van der Waals surface area contributed by atoms with Crippen molar-refractivity contribution >= 4 is 21.6 Å². The molecule has 0 atom stereocenters. The SMILES string of the molecule is CC1(C)CN(S(=O)(=O)c2cccc(Cl)c2F)CCO1. The number of ether oxygens (including phenoxy) is 1. The van der Waals surface area contributed by atoms with Gasteiger partial charge in [0.1, 0.15) is 4.90 Å². The molecule has 106 valence electrons. The fourth-order valence-corrected chi connectivity index (χ4v) is 3.89. The molecular formula is C12H15ClFNO3S. The van der Waals surface area contributed by atoms with Gasteiger partial charge in [-0.05, 0) is 26.0 Å². The van der Waals surface area contributed by atoms with Crippen LogP contribution in [0, 0.1) is 5.82 Å². The van der Waals surface area contributed by atoms with E-state index < -0.39 is 26.3 Å². The fourth-order valence-electron chi connectivity index (χ4n) is 2.00. The zero-order valence-electron chi connectivity index (χ0n) is 10.7. The van der Waals surface area contributed by atoms with Crippen LogP contribution < -0.4 is 0 Å². The molecule has 0 amide bonds. The van der Waals surface area contributed by atoms with E-state index in [1.165, 1.54) is 22.5 Å². The van der Waals surface area contributed by atoms with Crippen molar-refractivity contribution in [1.82, 2.24) is 4.31 Å². The molecule has 7 heteroatoms. The molecule has 1 fully saturated rings. The fraction of sp³-hybridized carbons (Fsp3) is 0.500. The van der Waals surface area contributed by atoms with Crippen molar-refractivity contribution < 1.29 is 17.5 Å². The zero-order chi connectivity index (χ0) is 14.3. The summed E-state index contributed by atoms with van der Waals surface area (Å²) in [4.78, 5) is -0.391. The second-order valence-corrected chi connectivity index (χ2v) is 7.31. The van der Waals surface area contributed by atoms with Gasteiger partial charge >= 0.3 is 0 Å². The molecule has 1 aromatic rings. The van der Waals surface area contributed by atoms with Gasteiger partial charge in [-0.25, -0.2) is 12.8 Å². The summed E-state index contributed by atoms with van der Waals surface area (Å²) >= 11 is 5.63. The Kier molecular flexibility index (Phi) is 3.88. The summed E-state index contributed by atoms with van der Waals surface area (Å²) < 4.78 is 45.4. The molecule has 1 heterocycles. The Balaban J connectivity index is 2.40. The van der Waals surface area contributed by atoms with Gasteiger partial charge in [-0.1, -0.05) is 17.7 Å². The van der Waals surface area contributed by atoms with E-state index in [1.807, 2.05) is 0 Å². The molecule has 1 saturated heterocycles. The molecule has 0 unspecified atom stereocenters. The van der Waals surface area contributed by atoms with Gasteiger partial charge < -0.3 is 4.74 Å². The molecule has 1 aliphatic rings. The van der Waals surface area contributed by atoms with Crippen LogP contribution in [0.2, 0.25) is 5.02 Å². The number of hydrogen-bond acceptors (Lipinski definition) is 3. The summed E-state index contributed by atoms with van der Waals surface area (Å²) in [5.41, 5.74) is -0.583. The Morgan fingerprint density at radius 1 is 1.42 bits per heavy atom. The number of halogens is 2. The molecule has 0 N–H and O–H groups in total. The normalized spacial score (nSPS) is 20.4. The highest BCUT2D eigenvalue weighted by Gasteiger charge is 2.36. The maximum absolute atomic E-state index is 13.9. The van der Waals surface area contributed by atoms with Crippen LogP contribution in [0.1, 0.15) is 13.8 Å². The molecule has 19 heavy (non-hydrogen) atoms. The Labute approximate surface area is 117 Å². The van der Waals surface area contributed by atoms with Crippen LogP contribution in [0.4, 0.5) is 4.39 Å². The van der Waals surface area contributed by atoms with E-state index >= 15 is 0 Å². The quantitative estimate of drug-likeness (QED) is 0.842. The van der Waals surface area contributed by atoms with Crippen LogP contribution in [0.3, 0.4) is 0 Å². The summed E-state index contributed by atoms with van der Waals surface area (Å²) in [5.74, 6) is -0.909. The standard InChI is InChI=1S/C12H15ClFNO3S/c1-12(2)8-15(6-7-18-12)19(16,17)10-5-3-4-9(13)11(10)14/h3-5H,6-8H2,1-2H3. The highest BCUT2D eigenvalue weighted by atomic mass is 35.5. The summed E-state index contributed by atoms with van der Waals surface area (Å²) in [7, 11) is -3.89. The van der Waals surface area contributed by atoms with E-state index in [4.69, 9.17) is 16.3 Å². The van der Waals surface area contributed by atoms with Crippen LogP contribution >= 0.6 is 11.6 Å². The number of hydrogen-bond donors (Lipinski definition) is 0. The van der Waals surface area contributed by atoms with Gasteiger partial charge in [-0.3, -0.25) is 0 Å². The predicted molar refractivity (Wildman–Crippen MR) is 70.2 cm³/mol. The van der Waals surface area contributed by atoms with Crippen molar-refractivity contribution in [2.75, 3.05) is 19.7 Å². The average Bonchev–Trinajstić information content (AvgIpc) is 2.31. The summed E-state index contributed by atoms with van der Waals surface area (Å²) in [6.45, 7) is 4.26. The van der Waals surface area contributed by atoms with Crippen LogP contribution in [0.15, 0.2) is 23.1 Å². The topological polar surface area (TPSA) is 46.6 Å². The lowest BCUT2D eigenvalue weighted by molar-refractivity contribution is -0.0640. The summed E-state index contributed by atoms with van der Waals surface area (Å²) in [5, 5.41) is -0.200. The second kappa shape index (κ2) is 5.01. The van der Waals surface area contributed by atoms with Crippen molar-refractivity contribution in [3.63, 3.8) is 0 Å². The Morgan fingerprint density at radius 3 is 2.74 bits per heavy atom. The van der Waals surface area contributed by atoms with Crippen LogP contribution in [0.5, 0.6) is 0 Å². The third-order valence-electron chi connectivity index (χ3n) is 2.92. The number of morpholine rings is 1. The van der Waals surface area contributed by atoms with E-state index in [0.717, 1.165) is 0 Å². The molecule has 0 aromatic heterocycles. The number of rotatable bonds is 2. The average molecular weight is 308 g/mol. The van der Waals surface area contributed by atoms with E-state index in [9.17, 15) is 12.8 Å². The summed E-state index contributed by atoms with van der Waals surface area (Å²) in [6, 6.07) is 3.96. The highest BCUT2D eigenvalue weighted by molar-refractivity contribution is 7.89. The van der Waals surface area contributed by atoms with E-state index in [2.05, 4.69) is 0 Å². The van der Waals surface area contributed by atoms with Crippen molar-refractivity contribution in [2.45, 2.75) is 24.3 Å². The van der Waals surface area contributed by atoms with E-state index in [1.54, 1.807) is 13.8 Å². The third kappa shape index (κ3) is 2.91. The van der Waals surface area contributed by atoms with Crippen molar-refractivity contribution in [3.05, 3.63) is 29.0 Å². The van der Waals surface area contributed by atoms with Gasteiger partial charge in [-0.2, -0.15) is 4.31 Å². The third-order valence-corrected chi connectivity index (χ3v) is 5.08. The maximum atomic E-state index is 13.9. The molecule has 1 aliphatic heterocycles. The lowest BCUT2D eigenvalue weighted by Gasteiger charge is -2.37. The minimum atomic E-state index is -3.89. The van der Waals surface area contributed by atoms with Gasteiger partial charge in [-0.15, -0.1) is 0 Å². The molecule has 0 saturated carbocycles. The van der Waals surface area contributed by atoms with Crippen LogP contribution in [0.25, 0.3) is 0 Å². The molecule has 2 rings (SSSR count). The van der Waals surface area contributed by atoms with Crippen LogP contribution in [-0.2, 0) is 14.8 Å². The van der Waals surface area contributed by atoms with Gasteiger partial charge in [0, 0.05) is 13.1 Å². The van der Waals surface area contributed by atoms with Gasteiger partial charge in [0.05, 0.1) is 17.2 Å². The maximum Gasteiger partial charge on any atom is 0.246 e. The van der Waals surface area contributed by atoms with Crippen molar-refractivity contribution in [1.29, 1.82) is 0 Å². The number of nitrogens with zero attached hydrogens (tertiary/aromatic N) is 1. The van der Waals surface area contributed by atoms with Gasteiger partial charge in [0.25, 0.3) is 0 Å². The van der Waals surface area contributed by atoms with Gasteiger partial charge in [0.15, 0.2) is 5.82 Å². The Bertz CT molecular complexity index is 589. The van der Waals surface area contributed by atoms with Crippen molar-refractivity contribution in [2.24, 2.45) is 0 Å². The van der Waals surface area contributed by atoms with Gasteiger partial charge in [0.2, 0.25) is 10.0 Å². The number of sulfonamides is 1. The smallest absolute Gasteiger partial charge is 0.246 e. The highest BCUT2D eigenvalue weighted by Crippen LogP contribution is 2.27. The van der Waals surface area contributed by atoms with E-state index in [0.29, 0.717) is 0 Å². The molecule has 0 spiro atoms. The predicted octanol–water partition coefficient (Wildman–Crippen LogP) is 2.28. The minimum absolute atomic E-state index is 0.182. The second-order valence-electron chi connectivity index (χ2n) is 5.00. The first-order chi connectivity index (χ1) is 8.74. The minimum Gasteiger partial charge on any atom is -0.373 e. The van der Waals surface area contributed by atoms with Crippen molar-refractivity contribution in [3.8, 4) is 0 Å². The Morgan fingerprint density at radius 2 is 2.11 bits per heavy atom. The lowest BCUT2D eigenvalue weighted by Crippen LogP contribution is -2.50. The van der Waals surface area contributed by atoms with E-state index in [-0.39, 0.29) is 24.7 Å². The molecule has 0 aliphatic carbocycles. The number of benzene rings is 1. The molecule has 0 radical (unpaired) electrons. The first-order valence-corrected chi connectivity index (χ1v) is 7.64. The monoisotopic (exact) mass is 307 g/mol.